The maximum atomic E-state index is 11.2. The highest BCUT2D eigenvalue weighted by Crippen LogP contribution is 2.30. The number of carbonyl (C=O) groups is 1. The first-order chi connectivity index (χ1) is 11.2. The first kappa shape index (κ1) is 17.8. The molecule has 1 aromatic carbocycles. The number of carbonyl (C=O) groups excluding carboxylic acids is 1. The Balaban J connectivity index is 2.15. The molecular weight excluding hydrogens is 308 g/mol. The number of aromatic nitrogens is 2. The second-order valence-electron chi connectivity index (χ2n) is 6.67. The third kappa shape index (κ3) is 4.24. The minimum Gasteiger partial charge on any atom is -0.494 e. The number of nitrogens with zero attached hydrogens (tertiary/aromatic N) is 2. The topological polar surface area (TPSA) is 89.3 Å². The van der Waals surface area contributed by atoms with Gasteiger partial charge in [-0.2, -0.15) is 4.98 Å². The van der Waals surface area contributed by atoms with Crippen LogP contribution < -0.4 is 15.4 Å². The fourth-order valence-corrected chi connectivity index (χ4v) is 2.10. The van der Waals surface area contributed by atoms with E-state index in [1.165, 1.54) is 6.92 Å². The molecule has 0 spiro atoms. The van der Waals surface area contributed by atoms with Crippen molar-refractivity contribution in [2.24, 2.45) is 0 Å². The van der Waals surface area contributed by atoms with Crippen LogP contribution in [-0.4, -0.2) is 23.2 Å². The second kappa shape index (κ2) is 6.90. The van der Waals surface area contributed by atoms with Crippen molar-refractivity contribution in [1.29, 1.82) is 0 Å². The van der Waals surface area contributed by atoms with E-state index >= 15 is 0 Å². The third-order valence-corrected chi connectivity index (χ3v) is 3.38. The summed E-state index contributed by atoms with van der Waals surface area (Å²) < 4.78 is 10.7. The van der Waals surface area contributed by atoms with Gasteiger partial charge in [0.1, 0.15) is 11.8 Å². The Hall–Kier alpha value is -2.57. The van der Waals surface area contributed by atoms with E-state index in [0.717, 1.165) is 5.69 Å². The lowest BCUT2D eigenvalue weighted by atomic mass is 9.96. The molecule has 0 aliphatic rings. The predicted octanol–water partition coefficient (Wildman–Crippen LogP) is 3.51. The van der Waals surface area contributed by atoms with Crippen molar-refractivity contribution in [2.45, 2.75) is 46.1 Å². The highest BCUT2D eigenvalue weighted by atomic mass is 16.5. The van der Waals surface area contributed by atoms with Crippen LogP contribution in [0, 0.1) is 0 Å². The molecule has 0 aliphatic heterocycles. The molecular formula is C17H24N4O3. The van der Waals surface area contributed by atoms with Crippen LogP contribution in [0.4, 0.5) is 11.4 Å². The fourth-order valence-electron chi connectivity index (χ4n) is 2.10. The number of methoxy groups -OCH3 is 1. The summed E-state index contributed by atoms with van der Waals surface area (Å²) in [6, 6.07) is 5.28. The predicted molar refractivity (Wildman–Crippen MR) is 92.3 cm³/mol. The summed E-state index contributed by atoms with van der Waals surface area (Å²) in [5, 5.41) is 10.0. The fraction of sp³-hybridized carbons (Fsp3) is 0.471. The van der Waals surface area contributed by atoms with E-state index in [-0.39, 0.29) is 17.4 Å². The van der Waals surface area contributed by atoms with Crippen molar-refractivity contribution >= 4 is 17.3 Å². The highest BCUT2D eigenvalue weighted by Gasteiger charge is 2.23. The van der Waals surface area contributed by atoms with Crippen molar-refractivity contribution in [3.8, 4) is 5.75 Å². The minimum absolute atomic E-state index is 0.150. The van der Waals surface area contributed by atoms with E-state index in [0.29, 0.717) is 23.2 Å². The summed E-state index contributed by atoms with van der Waals surface area (Å²) in [5.74, 6) is 1.61. The molecule has 1 atom stereocenters. The maximum Gasteiger partial charge on any atom is 0.248 e. The van der Waals surface area contributed by atoms with Gasteiger partial charge in [-0.25, -0.2) is 0 Å². The zero-order valence-electron chi connectivity index (χ0n) is 14.9. The quantitative estimate of drug-likeness (QED) is 0.871. The van der Waals surface area contributed by atoms with Crippen molar-refractivity contribution in [1.82, 2.24) is 10.1 Å². The molecule has 0 fully saturated rings. The maximum absolute atomic E-state index is 11.2. The van der Waals surface area contributed by atoms with Crippen molar-refractivity contribution in [2.75, 3.05) is 17.7 Å². The van der Waals surface area contributed by atoms with Crippen LogP contribution >= 0.6 is 0 Å². The largest absolute Gasteiger partial charge is 0.494 e. The van der Waals surface area contributed by atoms with Gasteiger partial charge in [-0.3, -0.25) is 4.79 Å². The molecule has 7 nitrogen and oxygen atoms in total. The SMILES string of the molecule is COc1cc(NC(C)c2nc(C(C)(C)C)no2)ccc1NC(C)=O. The summed E-state index contributed by atoms with van der Waals surface area (Å²) >= 11 is 0. The van der Waals surface area contributed by atoms with Gasteiger partial charge in [-0.05, 0) is 19.1 Å². The summed E-state index contributed by atoms with van der Waals surface area (Å²) in [6.45, 7) is 9.49. The molecule has 0 bridgehead atoms. The molecule has 2 aromatic rings. The molecule has 0 saturated heterocycles. The zero-order valence-corrected chi connectivity index (χ0v) is 14.9. The molecule has 24 heavy (non-hydrogen) atoms. The lowest BCUT2D eigenvalue weighted by Crippen LogP contribution is -2.14. The highest BCUT2D eigenvalue weighted by molar-refractivity contribution is 5.90. The molecule has 2 rings (SSSR count). The molecule has 0 radical (unpaired) electrons. The number of rotatable bonds is 5. The van der Waals surface area contributed by atoms with E-state index < -0.39 is 0 Å². The van der Waals surface area contributed by atoms with Gasteiger partial charge >= 0.3 is 0 Å². The number of anilines is 2. The normalized spacial score (nSPS) is 12.6. The van der Waals surface area contributed by atoms with Crippen LogP contribution in [0.3, 0.4) is 0 Å². The average Bonchev–Trinajstić information content (AvgIpc) is 2.98. The monoisotopic (exact) mass is 332 g/mol. The number of hydrogen-bond acceptors (Lipinski definition) is 6. The van der Waals surface area contributed by atoms with Crippen LogP contribution in [-0.2, 0) is 10.2 Å². The Kier molecular flexibility index (Phi) is 5.11. The first-order valence-corrected chi connectivity index (χ1v) is 7.77. The Morgan fingerprint density at radius 3 is 2.58 bits per heavy atom. The molecule has 130 valence electrons. The number of hydrogen-bond donors (Lipinski definition) is 2. The van der Waals surface area contributed by atoms with Gasteiger partial charge in [0.05, 0.1) is 12.8 Å². The molecule has 7 heteroatoms. The molecule has 1 unspecified atom stereocenters. The Morgan fingerprint density at radius 1 is 1.33 bits per heavy atom. The van der Waals surface area contributed by atoms with Crippen LogP contribution in [0.5, 0.6) is 5.75 Å². The van der Waals surface area contributed by atoms with Crippen LogP contribution in [0.25, 0.3) is 0 Å². The van der Waals surface area contributed by atoms with Gasteiger partial charge in [0.15, 0.2) is 5.82 Å². The minimum atomic E-state index is -0.162. The zero-order chi connectivity index (χ0) is 17.9. The Morgan fingerprint density at radius 2 is 2.04 bits per heavy atom. The molecule has 0 saturated carbocycles. The number of ether oxygens (including phenoxy) is 1. The molecule has 1 aromatic heterocycles. The van der Waals surface area contributed by atoms with Gasteiger partial charge in [0.25, 0.3) is 0 Å². The lowest BCUT2D eigenvalue weighted by Gasteiger charge is -2.15. The third-order valence-electron chi connectivity index (χ3n) is 3.38. The van der Waals surface area contributed by atoms with Gasteiger partial charge in [0.2, 0.25) is 11.8 Å². The Labute approximate surface area is 141 Å². The molecule has 2 N–H and O–H groups in total. The molecule has 1 heterocycles. The van der Waals surface area contributed by atoms with Crippen LogP contribution in [0.15, 0.2) is 22.7 Å². The van der Waals surface area contributed by atoms with Gasteiger partial charge in [-0.1, -0.05) is 25.9 Å². The van der Waals surface area contributed by atoms with E-state index in [1.807, 2.05) is 39.8 Å². The Bertz CT molecular complexity index is 719. The standard InChI is InChI=1S/C17H24N4O3/c1-10(15-20-16(21-24-15)17(3,4)5)18-12-7-8-13(19-11(2)22)14(9-12)23-6/h7-10,18H,1-6H3,(H,19,22). The molecule has 1 amide bonds. The number of nitrogens with one attached hydrogen (secondary N) is 2. The van der Waals surface area contributed by atoms with E-state index in [2.05, 4.69) is 20.8 Å². The van der Waals surface area contributed by atoms with Gasteiger partial charge in [0, 0.05) is 24.1 Å². The number of amides is 1. The summed E-state index contributed by atoms with van der Waals surface area (Å²) in [7, 11) is 1.56. The van der Waals surface area contributed by atoms with E-state index in [9.17, 15) is 4.79 Å². The lowest BCUT2D eigenvalue weighted by molar-refractivity contribution is -0.114. The van der Waals surface area contributed by atoms with Crippen molar-refractivity contribution in [3.63, 3.8) is 0 Å². The average molecular weight is 332 g/mol. The van der Waals surface area contributed by atoms with Crippen LogP contribution in [0.2, 0.25) is 0 Å². The van der Waals surface area contributed by atoms with Crippen molar-refractivity contribution in [3.05, 3.63) is 29.9 Å². The summed E-state index contributed by atoms with van der Waals surface area (Å²) in [6.07, 6.45) is 0. The molecule has 0 aliphatic carbocycles. The smallest absolute Gasteiger partial charge is 0.248 e. The number of benzene rings is 1. The van der Waals surface area contributed by atoms with Crippen LogP contribution in [0.1, 0.15) is 52.4 Å². The van der Waals surface area contributed by atoms with Gasteiger partial charge < -0.3 is 19.9 Å². The van der Waals surface area contributed by atoms with E-state index in [4.69, 9.17) is 9.26 Å². The first-order valence-electron chi connectivity index (χ1n) is 7.77. The van der Waals surface area contributed by atoms with E-state index in [1.54, 1.807) is 13.2 Å². The second-order valence-corrected chi connectivity index (χ2v) is 6.67. The van der Waals surface area contributed by atoms with Gasteiger partial charge in [-0.15, -0.1) is 0 Å². The summed E-state index contributed by atoms with van der Waals surface area (Å²) in [4.78, 5) is 15.7. The van der Waals surface area contributed by atoms with Crippen molar-refractivity contribution < 1.29 is 14.1 Å². The summed E-state index contributed by atoms with van der Waals surface area (Å²) in [5.41, 5.74) is 1.28.